The van der Waals surface area contributed by atoms with E-state index in [0.29, 0.717) is 44.2 Å². The van der Waals surface area contributed by atoms with E-state index in [4.69, 9.17) is 4.74 Å². The van der Waals surface area contributed by atoms with Crippen LogP contribution in [0.2, 0.25) is 0 Å². The molecule has 138 valence electrons. The third-order valence-corrected chi connectivity index (χ3v) is 4.28. The summed E-state index contributed by atoms with van der Waals surface area (Å²) in [6, 6.07) is 1.65. The molecule has 1 aromatic heterocycles. The van der Waals surface area contributed by atoms with Gasteiger partial charge >= 0.3 is 6.09 Å². The van der Waals surface area contributed by atoms with E-state index in [-0.39, 0.29) is 18.0 Å². The Balaban J connectivity index is 1.91. The van der Waals surface area contributed by atoms with Gasteiger partial charge in [0, 0.05) is 38.4 Å². The van der Waals surface area contributed by atoms with Crippen LogP contribution in [-0.2, 0) is 4.74 Å². The topological polar surface area (TPSA) is 87.7 Å². The number of ether oxygens (including phenoxy) is 1. The molecule has 1 saturated heterocycles. The Morgan fingerprint density at radius 3 is 2.56 bits per heavy atom. The van der Waals surface area contributed by atoms with Gasteiger partial charge in [0.25, 0.3) is 5.91 Å². The molecule has 0 spiro atoms. The SMILES string of the molecule is CCOC(=O)N1CCC(NC(=O)c2ccnc(N(CC)CC)n2)CC1. The Morgan fingerprint density at radius 2 is 1.96 bits per heavy atom. The highest BCUT2D eigenvalue weighted by Crippen LogP contribution is 2.13. The molecular weight excluding hydrogens is 322 g/mol. The summed E-state index contributed by atoms with van der Waals surface area (Å²) >= 11 is 0. The second-order valence-corrected chi connectivity index (χ2v) is 5.85. The normalized spacial score (nSPS) is 14.9. The van der Waals surface area contributed by atoms with E-state index in [1.165, 1.54) is 0 Å². The fourth-order valence-corrected chi connectivity index (χ4v) is 2.81. The molecule has 8 nitrogen and oxygen atoms in total. The molecule has 1 aromatic rings. The van der Waals surface area contributed by atoms with E-state index < -0.39 is 0 Å². The zero-order valence-corrected chi connectivity index (χ0v) is 15.2. The molecule has 1 N–H and O–H groups in total. The number of aromatic nitrogens is 2. The van der Waals surface area contributed by atoms with Crippen LogP contribution >= 0.6 is 0 Å². The maximum atomic E-state index is 12.5. The number of nitrogens with one attached hydrogen (secondary N) is 1. The smallest absolute Gasteiger partial charge is 0.409 e. The van der Waals surface area contributed by atoms with E-state index in [2.05, 4.69) is 15.3 Å². The average molecular weight is 349 g/mol. The summed E-state index contributed by atoms with van der Waals surface area (Å²) in [5.41, 5.74) is 0.365. The highest BCUT2D eigenvalue weighted by atomic mass is 16.6. The summed E-state index contributed by atoms with van der Waals surface area (Å²) in [6.07, 6.45) is 2.74. The molecule has 0 aliphatic carbocycles. The van der Waals surface area contributed by atoms with Gasteiger partial charge in [0.2, 0.25) is 5.95 Å². The van der Waals surface area contributed by atoms with Crippen LogP contribution in [0.25, 0.3) is 0 Å². The van der Waals surface area contributed by atoms with Crippen molar-refractivity contribution in [3.8, 4) is 0 Å². The zero-order chi connectivity index (χ0) is 18.2. The Hall–Kier alpha value is -2.38. The van der Waals surface area contributed by atoms with Gasteiger partial charge in [0.15, 0.2) is 0 Å². The Kier molecular flexibility index (Phi) is 6.97. The maximum absolute atomic E-state index is 12.5. The van der Waals surface area contributed by atoms with Gasteiger partial charge in [0.1, 0.15) is 5.69 Å². The first-order valence-corrected chi connectivity index (χ1v) is 8.89. The Morgan fingerprint density at radius 1 is 1.28 bits per heavy atom. The third kappa shape index (κ3) is 5.04. The number of hydrogen-bond donors (Lipinski definition) is 1. The minimum absolute atomic E-state index is 0.0324. The average Bonchev–Trinajstić information content (AvgIpc) is 2.64. The molecule has 1 aliphatic heterocycles. The monoisotopic (exact) mass is 349 g/mol. The lowest BCUT2D eigenvalue weighted by Crippen LogP contribution is -2.46. The van der Waals surface area contributed by atoms with Crippen molar-refractivity contribution < 1.29 is 14.3 Å². The van der Waals surface area contributed by atoms with Crippen molar-refractivity contribution in [3.63, 3.8) is 0 Å². The molecule has 0 radical (unpaired) electrons. The molecule has 25 heavy (non-hydrogen) atoms. The summed E-state index contributed by atoms with van der Waals surface area (Å²) in [7, 11) is 0. The molecule has 0 bridgehead atoms. The minimum Gasteiger partial charge on any atom is -0.450 e. The summed E-state index contributed by atoms with van der Waals surface area (Å²) in [4.78, 5) is 36.4. The number of piperidine rings is 1. The number of likely N-dealkylation sites (tertiary alicyclic amines) is 1. The van der Waals surface area contributed by atoms with Gasteiger partial charge in [-0.3, -0.25) is 4.79 Å². The van der Waals surface area contributed by atoms with Crippen LogP contribution in [0.5, 0.6) is 0 Å². The van der Waals surface area contributed by atoms with Gasteiger partial charge in [-0.2, -0.15) is 0 Å². The van der Waals surface area contributed by atoms with Crippen LogP contribution in [-0.4, -0.2) is 65.7 Å². The second-order valence-electron chi connectivity index (χ2n) is 5.85. The Labute approximate surface area is 148 Å². The molecule has 0 unspecified atom stereocenters. The van der Waals surface area contributed by atoms with Crippen LogP contribution in [0.4, 0.5) is 10.7 Å². The predicted octanol–water partition coefficient (Wildman–Crippen LogP) is 1.67. The molecule has 0 saturated carbocycles. The van der Waals surface area contributed by atoms with E-state index >= 15 is 0 Å². The highest BCUT2D eigenvalue weighted by molar-refractivity contribution is 5.92. The maximum Gasteiger partial charge on any atom is 0.409 e. The van der Waals surface area contributed by atoms with Gasteiger partial charge in [0.05, 0.1) is 6.61 Å². The van der Waals surface area contributed by atoms with Gasteiger partial charge in [-0.1, -0.05) is 0 Å². The number of nitrogens with zero attached hydrogens (tertiary/aromatic N) is 4. The highest BCUT2D eigenvalue weighted by Gasteiger charge is 2.25. The van der Waals surface area contributed by atoms with Crippen molar-refractivity contribution in [1.82, 2.24) is 20.2 Å². The van der Waals surface area contributed by atoms with E-state index in [9.17, 15) is 9.59 Å². The van der Waals surface area contributed by atoms with Crippen molar-refractivity contribution in [2.45, 2.75) is 39.7 Å². The fourth-order valence-electron chi connectivity index (χ4n) is 2.81. The summed E-state index contributed by atoms with van der Waals surface area (Å²) in [5.74, 6) is 0.361. The minimum atomic E-state index is -0.285. The van der Waals surface area contributed by atoms with E-state index in [0.717, 1.165) is 13.1 Å². The van der Waals surface area contributed by atoms with Crippen LogP contribution < -0.4 is 10.2 Å². The largest absolute Gasteiger partial charge is 0.450 e. The molecule has 2 rings (SSSR count). The molecule has 0 atom stereocenters. The van der Waals surface area contributed by atoms with Crippen molar-refractivity contribution in [2.24, 2.45) is 0 Å². The van der Waals surface area contributed by atoms with Crippen LogP contribution in [0.15, 0.2) is 12.3 Å². The number of carbonyl (C=O) groups is 2. The van der Waals surface area contributed by atoms with Gasteiger partial charge < -0.3 is 19.9 Å². The van der Waals surface area contributed by atoms with E-state index in [1.54, 1.807) is 24.1 Å². The van der Waals surface area contributed by atoms with E-state index in [1.807, 2.05) is 18.7 Å². The lowest BCUT2D eigenvalue weighted by molar-refractivity contribution is 0.0856. The third-order valence-electron chi connectivity index (χ3n) is 4.28. The predicted molar refractivity (Wildman–Crippen MR) is 94.7 cm³/mol. The lowest BCUT2D eigenvalue weighted by atomic mass is 10.1. The number of amides is 2. The van der Waals surface area contributed by atoms with Gasteiger partial charge in [-0.15, -0.1) is 0 Å². The quantitative estimate of drug-likeness (QED) is 0.841. The van der Waals surface area contributed by atoms with Crippen molar-refractivity contribution in [3.05, 3.63) is 18.0 Å². The molecular formula is C17H27N5O3. The summed E-state index contributed by atoms with van der Waals surface area (Å²) in [5, 5.41) is 3.00. The molecule has 0 aromatic carbocycles. The van der Waals surface area contributed by atoms with Gasteiger partial charge in [-0.25, -0.2) is 14.8 Å². The first kappa shape index (κ1) is 19.0. The number of carbonyl (C=O) groups excluding carboxylic acids is 2. The summed E-state index contributed by atoms with van der Waals surface area (Å²) < 4.78 is 5.00. The molecule has 2 heterocycles. The molecule has 2 amide bonds. The van der Waals surface area contributed by atoms with Crippen LogP contribution in [0.3, 0.4) is 0 Å². The summed E-state index contributed by atoms with van der Waals surface area (Å²) in [6.45, 7) is 8.95. The molecule has 1 fully saturated rings. The first-order valence-electron chi connectivity index (χ1n) is 8.89. The fraction of sp³-hybridized carbons (Fsp3) is 0.647. The Bertz CT molecular complexity index is 583. The number of hydrogen-bond acceptors (Lipinski definition) is 6. The lowest BCUT2D eigenvalue weighted by Gasteiger charge is -2.31. The first-order chi connectivity index (χ1) is 12.1. The van der Waals surface area contributed by atoms with Crippen molar-refractivity contribution in [2.75, 3.05) is 37.7 Å². The van der Waals surface area contributed by atoms with Crippen LogP contribution in [0.1, 0.15) is 44.1 Å². The molecule has 1 aliphatic rings. The van der Waals surface area contributed by atoms with Crippen molar-refractivity contribution >= 4 is 17.9 Å². The number of anilines is 1. The standard InChI is InChI=1S/C17H27N5O3/c1-4-21(5-2)16-18-10-7-14(20-16)15(23)19-13-8-11-22(12-9-13)17(24)25-6-3/h7,10,13H,4-6,8-9,11-12H2,1-3H3,(H,19,23). The number of rotatable bonds is 6. The van der Waals surface area contributed by atoms with Gasteiger partial charge in [-0.05, 0) is 39.7 Å². The molecule has 8 heteroatoms. The second kappa shape index (κ2) is 9.19. The zero-order valence-electron chi connectivity index (χ0n) is 15.2. The van der Waals surface area contributed by atoms with Crippen molar-refractivity contribution in [1.29, 1.82) is 0 Å². The van der Waals surface area contributed by atoms with Crippen LogP contribution in [0, 0.1) is 0 Å².